The third kappa shape index (κ3) is 4.76. The highest BCUT2D eigenvalue weighted by Crippen LogP contribution is 2.12. The Morgan fingerprint density at radius 3 is 2.41 bits per heavy atom. The summed E-state index contributed by atoms with van der Waals surface area (Å²) in [7, 11) is 0. The second-order valence-electron chi connectivity index (χ2n) is 4.47. The van der Waals surface area contributed by atoms with Crippen LogP contribution in [0.15, 0.2) is 29.4 Å². The van der Waals surface area contributed by atoms with E-state index in [1.165, 1.54) is 12.1 Å². The molecule has 0 saturated heterocycles. The number of aromatic hydroxyl groups is 1. The lowest BCUT2D eigenvalue weighted by atomic mass is 10.0. The third-order valence-electron chi connectivity index (χ3n) is 2.84. The number of nitrogens with one attached hydrogen (secondary N) is 1. The number of aliphatic hydroxyl groups is 5. The first-order valence-corrected chi connectivity index (χ1v) is 6.32. The highest BCUT2D eigenvalue weighted by atomic mass is 16.4. The van der Waals surface area contributed by atoms with Crippen molar-refractivity contribution in [2.75, 3.05) is 6.61 Å². The molecule has 9 nitrogen and oxygen atoms in total. The molecule has 0 aliphatic carbocycles. The lowest BCUT2D eigenvalue weighted by Crippen LogP contribution is -2.50. The summed E-state index contributed by atoms with van der Waals surface area (Å²) >= 11 is 0. The van der Waals surface area contributed by atoms with Crippen LogP contribution in [0.2, 0.25) is 0 Å². The van der Waals surface area contributed by atoms with E-state index in [-0.39, 0.29) is 5.75 Å². The van der Waals surface area contributed by atoms with Gasteiger partial charge in [0.05, 0.1) is 12.8 Å². The number of nitrogens with zero attached hydrogens (tertiary/aromatic N) is 1. The molecule has 9 heteroatoms. The number of benzene rings is 1. The number of carbonyl (C=O) groups excluding carboxylic acids is 1. The lowest BCUT2D eigenvalue weighted by Gasteiger charge is -2.24. The second kappa shape index (κ2) is 8.41. The Morgan fingerprint density at radius 1 is 1.18 bits per heavy atom. The monoisotopic (exact) mass is 314 g/mol. The van der Waals surface area contributed by atoms with Gasteiger partial charge in [0.25, 0.3) is 5.91 Å². The minimum atomic E-state index is -2.07. The molecule has 122 valence electrons. The summed E-state index contributed by atoms with van der Waals surface area (Å²) < 4.78 is 0. The number of carbonyl (C=O) groups is 1. The molecule has 0 radical (unpaired) electrons. The SMILES string of the molecule is O=C(NN=Cc1ccccc1O)[C@H](O)[C@H](O)[C@H](O)[C@H](O)CO. The summed E-state index contributed by atoms with van der Waals surface area (Å²) in [6.45, 7) is -0.849. The maximum atomic E-state index is 11.5. The Bertz CT molecular complexity index is 523. The molecule has 1 aromatic carbocycles. The molecular weight excluding hydrogens is 296 g/mol. The number of hydrogen-bond donors (Lipinski definition) is 7. The average Bonchev–Trinajstić information content (AvgIpc) is 2.53. The molecule has 0 bridgehead atoms. The van der Waals surface area contributed by atoms with Crippen molar-refractivity contribution in [3.05, 3.63) is 29.8 Å². The summed E-state index contributed by atoms with van der Waals surface area (Å²) in [4.78, 5) is 11.5. The van der Waals surface area contributed by atoms with Crippen molar-refractivity contribution in [3.8, 4) is 5.75 Å². The largest absolute Gasteiger partial charge is 0.507 e. The van der Waals surface area contributed by atoms with Crippen LogP contribution in [0.25, 0.3) is 0 Å². The Morgan fingerprint density at radius 2 is 1.82 bits per heavy atom. The van der Waals surface area contributed by atoms with Crippen LogP contribution in [0.5, 0.6) is 5.75 Å². The minimum absolute atomic E-state index is 0.0671. The van der Waals surface area contributed by atoms with E-state index in [1.54, 1.807) is 12.1 Å². The van der Waals surface area contributed by atoms with Crippen LogP contribution in [0.1, 0.15) is 5.56 Å². The molecule has 22 heavy (non-hydrogen) atoms. The van der Waals surface area contributed by atoms with Crippen LogP contribution >= 0.6 is 0 Å². The van der Waals surface area contributed by atoms with Crippen molar-refractivity contribution in [3.63, 3.8) is 0 Å². The normalized spacial score (nSPS) is 17.0. The number of hydrazone groups is 1. The Kier molecular flexibility index (Phi) is 6.89. The fraction of sp³-hybridized carbons (Fsp3) is 0.385. The van der Waals surface area contributed by atoms with Crippen molar-refractivity contribution in [2.45, 2.75) is 24.4 Å². The van der Waals surface area contributed by atoms with E-state index in [9.17, 15) is 25.2 Å². The fourth-order valence-electron chi connectivity index (χ4n) is 1.51. The van der Waals surface area contributed by atoms with E-state index in [4.69, 9.17) is 10.2 Å². The van der Waals surface area contributed by atoms with Gasteiger partial charge in [-0.15, -0.1) is 0 Å². The summed E-state index contributed by atoms with van der Waals surface area (Å²) in [5.74, 6) is -1.20. The van der Waals surface area contributed by atoms with Crippen molar-refractivity contribution in [1.82, 2.24) is 5.43 Å². The molecular formula is C13H18N2O7. The van der Waals surface area contributed by atoms with E-state index < -0.39 is 36.9 Å². The molecule has 1 rings (SSSR count). The quantitative estimate of drug-likeness (QED) is 0.212. The van der Waals surface area contributed by atoms with Crippen LogP contribution in [-0.4, -0.2) is 73.8 Å². The zero-order chi connectivity index (χ0) is 16.7. The standard InChI is InChI=1S/C13H18N2O7/c16-6-9(18)10(19)11(20)12(21)13(22)15-14-5-7-3-1-2-4-8(7)17/h1-5,9-12,16-21H,6H2,(H,15,22)/t9-,10-,11-,12-/m1/s1. The topological polar surface area (TPSA) is 163 Å². The molecule has 0 saturated carbocycles. The predicted molar refractivity (Wildman–Crippen MR) is 75.0 cm³/mol. The van der Waals surface area contributed by atoms with Crippen LogP contribution in [0.3, 0.4) is 0 Å². The second-order valence-corrected chi connectivity index (χ2v) is 4.47. The number of phenolic OH excluding ortho intramolecular Hbond substituents is 1. The Balaban J connectivity index is 2.59. The van der Waals surface area contributed by atoms with Gasteiger partial charge in [-0.2, -0.15) is 5.10 Å². The van der Waals surface area contributed by atoms with Gasteiger partial charge in [0.2, 0.25) is 0 Å². The summed E-state index contributed by atoms with van der Waals surface area (Å²) in [5, 5.41) is 59.1. The molecule has 4 atom stereocenters. The average molecular weight is 314 g/mol. The van der Waals surface area contributed by atoms with Crippen molar-refractivity contribution in [1.29, 1.82) is 0 Å². The Hall–Kier alpha value is -2.04. The van der Waals surface area contributed by atoms with Crippen LogP contribution in [0.4, 0.5) is 0 Å². The first-order chi connectivity index (χ1) is 10.4. The van der Waals surface area contributed by atoms with Crippen LogP contribution in [0, 0.1) is 0 Å². The fourth-order valence-corrected chi connectivity index (χ4v) is 1.51. The van der Waals surface area contributed by atoms with E-state index in [2.05, 4.69) is 5.10 Å². The number of rotatable bonds is 7. The van der Waals surface area contributed by atoms with Gasteiger partial charge in [-0.3, -0.25) is 4.79 Å². The predicted octanol–water partition coefficient (Wildman–Crippen LogP) is -2.72. The maximum Gasteiger partial charge on any atom is 0.271 e. The van der Waals surface area contributed by atoms with E-state index in [1.807, 2.05) is 5.43 Å². The van der Waals surface area contributed by atoms with Gasteiger partial charge in [0.1, 0.15) is 24.1 Å². The summed E-state index contributed by atoms with van der Waals surface area (Å²) in [5.41, 5.74) is 2.22. The van der Waals surface area contributed by atoms with E-state index >= 15 is 0 Å². The molecule has 0 aliphatic heterocycles. The zero-order valence-corrected chi connectivity index (χ0v) is 11.4. The molecule has 7 N–H and O–H groups in total. The van der Waals surface area contributed by atoms with Crippen molar-refractivity contribution < 1.29 is 35.4 Å². The van der Waals surface area contributed by atoms with Crippen LogP contribution in [-0.2, 0) is 4.79 Å². The summed E-state index contributed by atoms with van der Waals surface area (Å²) in [6.07, 6.45) is -6.58. The number of para-hydroxylation sites is 1. The van der Waals surface area contributed by atoms with Gasteiger partial charge in [0.15, 0.2) is 6.10 Å². The third-order valence-corrected chi connectivity index (χ3v) is 2.84. The number of hydrogen-bond acceptors (Lipinski definition) is 8. The molecule has 0 fully saturated rings. The molecule has 0 aliphatic rings. The molecule has 0 heterocycles. The first-order valence-electron chi connectivity index (χ1n) is 6.32. The summed E-state index contributed by atoms with van der Waals surface area (Å²) in [6, 6.07) is 6.17. The lowest BCUT2D eigenvalue weighted by molar-refractivity contribution is -0.148. The van der Waals surface area contributed by atoms with Gasteiger partial charge in [-0.25, -0.2) is 5.43 Å². The van der Waals surface area contributed by atoms with E-state index in [0.717, 1.165) is 6.21 Å². The minimum Gasteiger partial charge on any atom is -0.507 e. The molecule has 0 unspecified atom stereocenters. The molecule has 1 aromatic rings. The van der Waals surface area contributed by atoms with Crippen molar-refractivity contribution in [2.24, 2.45) is 5.10 Å². The number of aliphatic hydroxyl groups excluding tert-OH is 5. The van der Waals surface area contributed by atoms with E-state index in [0.29, 0.717) is 5.56 Å². The van der Waals surface area contributed by atoms with Crippen LogP contribution < -0.4 is 5.43 Å². The molecule has 0 spiro atoms. The van der Waals surface area contributed by atoms with Gasteiger partial charge in [0, 0.05) is 5.56 Å². The Labute approximate surface area is 125 Å². The smallest absolute Gasteiger partial charge is 0.271 e. The maximum absolute atomic E-state index is 11.5. The first kappa shape index (κ1) is 18.0. The van der Waals surface area contributed by atoms with Gasteiger partial charge < -0.3 is 30.6 Å². The van der Waals surface area contributed by atoms with Gasteiger partial charge in [-0.1, -0.05) is 12.1 Å². The molecule has 0 aromatic heterocycles. The molecule has 1 amide bonds. The zero-order valence-electron chi connectivity index (χ0n) is 11.4. The number of phenols is 1. The van der Waals surface area contributed by atoms with Gasteiger partial charge in [-0.05, 0) is 12.1 Å². The van der Waals surface area contributed by atoms with Crippen molar-refractivity contribution >= 4 is 12.1 Å². The number of amides is 1. The van der Waals surface area contributed by atoms with Gasteiger partial charge >= 0.3 is 0 Å². The highest BCUT2D eigenvalue weighted by molar-refractivity contribution is 5.86. The highest BCUT2D eigenvalue weighted by Gasteiger charge is 2.34.